The first kappa shape index (κ1) is 21.2. The Hall–Kier alpha value is -3.50. The van der Waals surface area contributed by atoms with Crippen molar-refractivity contribution in [1.29, 1.82) is 5.26 Å². The van der Waals surface area contributed by atoms with Crippen LogP contribution in [0.2, 0.25) is 0 Å². The van der Waals surface area contributed by atoms with Crippen LogP contribution in [0.5, 0.6) is 5.75 Å². The fourth-order valence-electron chi connectivity index (χ4n) is 3.25. The number of anilines is 3. The van der Waals surface area contributed by atoms with Gasteiger partial charge in [-0.3, -0.25) is 4.79 Å². The van der Waals surface area contributed by atoms with E-state index in [-0.39, 0.29) is 5.57 Å². The van der Waals surface area contributed by atoms with Gasteiger partial charge in [0.15, 0.2) is 0 Å². The predicted octanol–water partition coefficient (Wildman–Crippen LogP) is 3.21. The van der Waals surface area contributed by atoms with Crippen LogP contribution >= 0.6 is 0 Å². The van der Waals surface area contributed by atoms with Crippen LogP contribution in [0.15, 0.2) is 54.2 Å². The van der Waals surface area contributed by atoms with E-state index in [1.165, 1.54) is 19.0 Å². The first-order valence-electron chi connectivity index (χ1n) is 9.86. The number of likely N-dealkylation sites (N-methyl/N-ethyl adjacent to an activating group) is 1. The lowest BCUT2D eigenvalue weighted by Gasteiger charge is -2.34. The average Bonchev–Trinajstić information content (AvgIpc) is 2.75. The molecule has 7 nitrogen and oxygen atoms in total. The molecule has 0 bridgehead atoms. The van der Waals surface area contributed by atoms with Crippen LogP contribution in [-0.4, -0.2) is 51.1 Å². The van der Waals surface area contributed by atoms with Crippen LogP contribution in [0.25, 0.3) is 0 Å². The number of rotatable bonds is 6. The molecule has 0 saturated carbocycles. The minimum atomic E-state index is -0.497. The molecule has 1 amide bonds. The second-order valence-corrected chi connectivity index (χ2v) is 7.31. The molecule has 2 aromatic carbocycles. The molecule has 0 radical (unpaired) electrons. The van der Waals surface area contributed by atoms with E-state index in [1.54, 1.807) is 12.1 Å². The van der Waals surface area contributed by atoms with E-state index in [0.717, 1.165) is 37.4 Å². The van der Waals surface area contributed by atoms with Gasteiger partial charge in [-0.05, 0) is 55.9 Å². The summed E-state index contributed by atoms with van der Waals surface area (Å²) in [6.07, 6.45) is 1.42. The van der Waals surface area contributed by atoms with Crippen LogP contribution in [0.1, 0.15) is 5.56 Å². The van der Waals surface area contributed by atoms with Gasteiger partial charge in [-0.1, -0.05) is 6.07 Å². The van der Waals surface area contributed by atoms with Gasteiger partial charge >= 0.3 is 0 Å². The number of carbonyl (C=O) groups is 1. The Kier molecular flexibility index (Phi) is 6.94. The Labute approximate surface area is 177 Å². The summed E-state index contributed by atoms with van der Waals surface area (Å²) in [6, 6.07) is 15.4. The van der Waals surface area contributed by atoms with Gasteiger partial charge in [-0.2, -0.15) is 5.26 Å². The number of hydrogen-bond acceptors (Lipinski definition) is 6. The van der Waals surface area contributed by atoms with E-state index in [4.69, 9.17) is 4.74 Å². The van der Waals surface area contributed by atoms with Crippen molar-refractivity contribution in [2.45, 2.75) is 6.92 Å². The first-order valence-corrected chi connectivity index (χ1v) is 9.86. The SMILES string of the molecule is COc1ccc(C)cc1NC(=O)/C(C#N)=C\Nc1ccc(N2CCN(C)CC2)cc1. The molecule has 1 fully saturated rings. The Morgan fingerprint density at radius 2 is 1.83 bits per heavy atom. The minimum Gasteiger partial charge on any atom is -0.495 e. The van der Waals surface area contributed by atoms with Gasteiger partial charge in [0, 0.05) is 43.8 Å². The molecule has 0 aromatic heterocycles. The van der Waals surface area contributed by atoms with Crippen molar-refractivity contribution in [1.82, 2.24) is 4.90 Å². The van der Waals surface area contributed by atoms with Crippen LogP contribution in [0, 0.1) is 18.3 Å². The summed E-state index contributed by atoms with van der Waals surface area (Å²) >= 11 is 0. The highest BCUT2D eigenvalue weighted by atomic mass is 16.5. The molecule has 1 heterocycles. The number of carbonyl (C=O) groups excluding carboxylic acids is 1. The topological polar surface area (TPSA) is 80.6 Å². The fourth-order valence-corrected chi connectivity index (χ4v) is 3.25. The number of nitriles is 1. The maximum Gasteiger partial charge on any atom is 0.267 e. The summed E-state index contributed by atoms with van der Waals surface area (Å²) in [6.45, 7) is 6.03. The summed E-state index contributed by atoms with van der Waals surface area (Å²) < 4.78 is 5.27. The number of amides is 1. The quantitative estimate of drug-likeness (QED) is 0.567. The second-order valence-electron chi connectivity index (χ2n) is 7.31. The zero-order chi connectivity index (χ0) is 21.5. The van der Waals surface area contributed by atoms with Gasteiger partial charge in [0.05, 0.1) is 12.8 Å². The van der Waals surface area contributed by atoms with Crippen LogP contribution in [0.3, 0.4) is 0 Å². The van der Waals surface area contributed by atoms with E-state index >= 15 is 0 Å². The van der Waals surface area contributed by atoms with Crippen molar-refractivity contribution in [3.05, 3.63) is 59.8 Å². The lowest BCUT2D eigenvalue weighted by Crippen LogP contribution is -2.44. The second kappa shape index (κ2) is 9.81. The van der Waals surface area contributed by atoms with E-state index in [9.17, 15) is 10.1 Å². The fraction of sp³-hybridized carbons (Fsp3) is 0.304. The molecule has 30 heavy (non-hydrogen) atoms. The zero-order valence-electron chi connectivity index (χ0n) is 17.6. The van der Waals surface area contributed by atoms with Crippen molar-refractivity contribution in [3.8, 4) is 11.8 Å². The molecule has 7 heteroatoms. The highest BCUT2D eigenvalue weighted by molar-refractivity contribution is 6.07. The van der Waals surface area contributed by atoms with Gasteiger partial charge in [0.25, 0.3) is 5.91 Å². The summed E-state index contributed by atoms with van der Waals surface area (Å²) in [7, 11) is 3.67. The van der Waals surface area contributed by atoms with Crippen LogP contribution in [0.4, 0.5) is 17.1 Å². The number of ether oxygens (including phenoxy) is 1. The molecular weight excluding hydrogens is 378 g/mol. The lowest BCUT2D eigenvalue weighted by molar-refractivity contribution is -0.112. The maximum atomic E-state index is 12.5. The maximum absolute atomic E-state index is 12.5. The Bertz CT molecular complexity index is 955. The summed E-state index contributed by atoms with van der Waals surface area (Å²) in [5.41, 5.74) is 3.46. The molecule has 0 aliphatic carbocycles. The lowest BCUT2D eigenvalue weighted by atomic mass is 10.2. The number of hydrogen-bond donors (Lipinski definition) is 2. The highest BCUT2D eigenvalue weighted by Crippen LogP contribution is 2.25. The van der Waals surface area contributed by atoms with Gasteiger partial charge < -0.3 is 25.2 Å². The molecule has 1 aliphatic heterocycles. The Morgan fingerprint density at radius 3 is 2.47 bits per heavy atom. The number of benzene rings is 2. The molecule has 3 rings (SSSR count). The van der Waals surface area contributed by atoms with E-state index < -0.39 is 5.91 Å². The average molecular weight is 406 g/mol. The predicted molar refractivity (Wildman–Crippen MR) is 120 cm³/mol. The molecule has 0 spiro atoms. The molecule has 156 valence electrons. The standard InChI is InChI=1S/C23H27N5O2/c1-17-4-9-22(30-3)21(14-17)26-23(29)18(15-24)16-25-19-5-7-20(8-6-19)28-12-10-27(2)11-13-28/h4-9,14,16,25H,10-13H2,1-3H3,(H,26,29)/b18-16-. The van der Waals surface area contributed by atoms with E-state index in [2.05, 4.69) is 27.5 Å². The van der Waals surface area contributed by atoms with Gasteiger partial charge in [-0.15, -0.1) is 0 Å². The monoisotopic (exact) mass is 405 g/mol. The minimum absolute atomic E-state index is 0.0262. The van der Waals surface area contributed by atoms with Gasteiger partial charge in [0.1, 0.15) is 17.4 Å². The van der Waals surface area contributed by atoms with Crippen molar-refractivity contribution in [2.75, 3.05) is 55.9 Å². The molecule has 1 saturated heterocycles. The van der Waals surface area contributed by atoms with Crippen molar-refractivity contribution < 1.29 is 9.53 Å². The summed E-state index contributed by atoms with van der Waals surface area (Å²) in [5, 5.41) is 15.2. The molecule has 2 N–H and O–H groups in total. The van der Waals surface area contributed by atoms with Crippen molar-refractivity contribution in [2.24, 2.45) is 0 Å². The van der Waals surface area contributed by atoms with Crippen LogP contribution < -0.4 is 20.3 Å². The first-order chi connectivity index (χ1) is 14.5. The molecule has 0 unspecified atom stereocenters. The van der Waals surface area contributed by atoms with Crippen molar-refractivity contribution >= 4 is 23.0 Å². The molecular formula is C23H27N5O2. The smallest absolute Gasteiger partial charge is 0.267 e. The third-order valence-electron chi connectivity index (χ3n) is 5.09. The number of nitrogens with zero attached hydrogens (tertiary/aromatic N) is 3. The van der Waals surface area contributed by atoms with Crippen LogP contribution in [-0.2, 0) is 4.79 Å². The third-order valence-corrected chi connectivity index (χ3v) is 5.09. The number of piperazine rings is 1. The number of aryl methyl sites for hydroxylation is 1. The van der Waals surface area contributed by atoms with E-state index in [1.807, 2.05) is 43.3 Å². The summed E-state index contributed by atoms with van der Waals surface area (Å²) in [4.78, 5) is 17.2. The van der Waals surface area contributed by atoms with E-state index in [0.29, 0.717) is 11.4 Å². The largest absolute Gasteiger partial charge is 0.495 e. The normalized spacial score (nSPS) is 14.7. The Morgan fingerprint density at radius 1 is 1.13 bits per heavy atom. The molecule has 0 atom stereocenters. The van der Waals surface area contributed by atoms with Gasteiger partial charge in [0.2, 0.25) is 0 Å². The van der Waals surface area contributed by atoms with Gasteiger partial charge in [-0.25, -0.2) is 0 Å². The molecule has 2 aromatic rings. The Balaban J connectivity index is 1.64. The molecule has 1 aliphatic rings. The highest BCUT2D eigenvalue weighted by Gasteiger charge is 2.15. The zero-order valence-corrected chi connectivity index (χ0v) is 17.6. The number of methoxy groups -OCH3 is 1. The number of nitrogens with one attached hydrogen (secondary N) is 2. The summed E-state index contributed by atoms with van der Waals surface area (Å²) in [5.74, 6) is 0.0432. The third kappa shape index (κ3) is 5.31. The van der Waals surface area contributed by atoms with Crippen molar-refractivity contribution in [3.63, 3.8) is 0 Å².